The van der Waals surface area contributed by atoms with Crippen LogP contribution >= 0.6 is 0 Å². The molecule has 8 aromatic rings. The van der Waals surface area contributed by atoms with Crippen LogP contribution < -0.4 is 9.64 Å². The molecule has 6 heteroatoms. The Kier molecular flexibility index (Phi) is 7.11. The number of aryl methyl sites for hydroxylation is 1. The Morgan fingerprint density at radius 1 is 0.667 bits per heavy atom. The lowest BCUT2D eigenvalue weighted by Crippen LogP contribution is -2.27. The van der Waals surface area contributed by atoms with Crippen molar-refractivity contribution in [3.05, 3.63) is 151 Å². The molecule has 0 radical (unpaired) electrons. The summed E-state index contributed by atoms with van der Waals surface area (Å²) in [5, 5.41) is 2.34. The molecule has 0 unspecified atom stereocenters. The highest BCUT2D eigenvalue weighted by Gasteiger charge is 2.27. The van der Waals surface area contributed by atoms with Crippen molar-refractivity contribution in [2.45, 2.75) is 46.7 Å². The average Bonchev–Trinajstić information content (AvgIpc) is 3.63. The van der Waals surface area contributed by atoms with Crippen molar-refractivity contribution in [2.75, 3.05) is 4.90 Å². The third kappa shape index (κ3) is 5.26. The van der Waals surface area contributed by atoms with Crippen LogP contribution in [0.3, 0.4) is 0 Å². The number of pyridine rings is 1. The number of ether oxygens (including phenoxy) is 1. The minimum atomic E-state index is -0.00196. The third-order valence-corrected chi connectivity index (χ3v) is 10.2. The second kappa shape index (κ2) is 11.7. The number of anilines is 2. The number of aromatic nitrogens is 4. The van der Waals surface area contributed by atoms with E-state index in [4.69, 9.17) is 14.7 Å². The molecule has 0 atom stereocenters. The monoisotopic (exact) mass is 665 g/mol. The lowest BCUT2D eigenvalue weighted by atomic mass is 9.88. The van der Waals surface area contributed by atoms with Crippen LogP contribution in [0.5, 0.6) is 11.5 Å². The number of hydrogen-bond acceptors (Lipinski definition) is 4. The van der Waals surface area contributed by atoms with E-state index >= 15 is 0 Å². The van der Waals surface area contributed by atoms with E-state index in [0.29, 0.717) is 6.67 Å². The first-order valence-electron chi connectivity index (χ1n) is 17.5. The molecule has 0 amide bonds. The number of rotatable bonds is 5. The molecule has 5 aromatic carbocycles. The van der Waals surface area contributed by atoms with Gasteiger partial charge < -0.3 is 14.2 Å². The van der Waals surface area contributed by atoms with E-state index in [0.717, 1.165) is 73.3 Å². The molecule has 0 fully saturated rings. The molecule has 9 rings (SSSR count). The van der Waals surface area contributed by atoms with Crippen molar-refractivity contribution in [1.82, 2.24) is 19.1 Å². The molecule has 6 nitrogen and oxygen atoms in total. The summed E-state index contributed by atoms with van der Waals surface area (Å²) in [5.74, 6) is 3.44. The highest BCUT2D eigenvalue weighted by atomic mass is 16.5. The van der Waals surface area contributed by atoms with Crippen molar-refractivity contribution >= 4 is 33.2 Å². The SMILES string of the molecule is Cc1nc2n(c1C)CN(c1cc(Oc3ccc4c5ccccc5n(-c5cc(C(C)(C)C)ccn5)c4c3)cc(-c3ccccc3)c1)c1ccccc1-2. The first kappa shape index (κ1) is 30.9. The molecule has 250 valence electrons. The molecule has 3 aromatic heterocycles. The third-order valence-electron chi connectivity index (χ3n) is 10.2. The lowest BCUT2D eigenvalue weighted by Gasteiger charge is -2.33. The number of para-hydroxylation sites is 2. The molecule has 0 N–H and O–H groups in total. The predicted molar refractivity (Wildman–Crippen MR) is 209 cm³/mol. The summed E-state index contributed by atoms with van der Waals surface area (Å²) in [4.78, 5) is 12.2. The highest BCUT2D eigenvalue weighted by Crippen LogP contribution is 2.43. The highest BCUT2D eigenvalue weighted by molar-refractivity contribution is 6.09. The summed E-state index contributed by atoms with van der Waals surface area (Å²) in [5.41, 5.74) is 11.1. The van der Waals surface area contributed by atoms with Crippen LogP contribution in [0.1, 0.15) is 37.7 Å². The number of imidazole rings is 1. The van der Waals surface area contributed by atoms with Gasteiger partial charge in [-0.1, -0.05) is 81.4 Å². The Labute approximate surface area is 298 Å². The number of benzene rings is 5. The summed E-state index contributed by atoms with van der Waals surface area (Å²) in [6.45, 7) is 11.6. The fourth-order valence-corrected chi connectivity index (χ4v) is 7.37. The normalized spacial score (nSPS) is 12.7. The van der Waals surface area contributed by atoms with Gasteiger partial charge in [-0.25, -0.2) is 9.97 Å². The molecular formula is C45H39N5O. The van der Waals surface area contributed by atoms with Crippen LogP contribution in [0.2, 0.25) is 0 Å². The van der Waals surface area contributed by atoms with Crippen molar-refractivity contribution in [3.8, 4) is 39.8 Å². The zero-order chi connectivity index (χ0) is 34.9. The lowest BCUT2D eigenvalue weighted by molar-refractivity contribution is 0.483. The Bertz CT molecular complexity index is 2610. The quantitative estimate of drug-likeness (QED) is 0.184. The minimum absolute atomic E-state index is 0.00196. The molecule has 51 heavy (non-hydrogen) atoms. The van der Waals surface area contributed by atoms with Crippen LogP contribution in [0.25, 0.3) is 50.1 Å². The molecule has 0 aliphatic carbocycles. The van der Waals surface area contributed by atoms with Crippen molar-refractivity contribution < 1.29 is 4.74 Å². The van der Waals surface area contributed by atoms with Crippen molar-refractivity contribution in [3.63, 3.8) is 0 Å². The molecular weight excluding hydrogens is 627 g/mol. The molecule has 4 heterocycles. The van der Waals surface area contributed by atoms with Gasteiger partial charge in [-0.05, 0) is 90.6 Å². The maximum Gasteiger partial charge on any atom is 0.144 e. The van der Waals surface area contributed by atoms with Gasteiger partial charge in [0, 0.05) is 46.0 Å². The van der Waals surface area contributed by atoms with Gasteiger partial charge in [0.2, 0.25) is 0 Å². The van der Waals surface area contributed by atoms with Crippen molar-refractivity contribution in [1.29, 1.82) is 0 Å². The van der Waals surface area contributed by atoms with Gasteiger partial charge in [0.15, 0.2) is 0 Å². The molecule has 0 saturated carbocycles. The van der Waals surface area contributed by atoms with E-state index in [9.17, 15) is 0 Å². The van der Waals surface area contributed by atoms with Gasteiger partial charge in [-0.2, -0.15) is 0 Å². The second-order valence-electron chi connectivity index (χ2n) is 14.5. The number of fused-ring (bicyclic) bond motifs is 6. The Balaban J connectivity index is 1.18. The summed E-state index contributed by atoms with van der Waals surface area (Å²) in [6, 6.07) is 44.9. The molecule has 0 saturated heterocycles. The van der Waals surface area contributed by atoms with E-state index < -0.39 is 0 Å². The molecule has 1 aliphatic heterocycles. The van der Waals surface area contributed by atoms with Gasteiger partial charge in [0.1, 0.15) is 29.8 Å². The second-order valence-corrected chi connectivity index (χ2v) is 14.5. The van der Waals surface area contributed by atoms with Gasteiger partial charge in [-0.3, -0.25) is 4.57 Å². The smallest absolute Gasteiger partial charge is 0.144 e. The van der Waals surface area contributed by atoms with Crippen LogP contribution in [-0.4, -0.2) is 19.1 Å². The van der Waals surface area contributed by atoms with E-state index in [-0.39, 0.29) is 5.41 Å². The van der Waals surface area contributed by atoms with Gasteiger partial charge in [0.05, 0.1) is 22.4 Å². The summed E-state index contributed by atoms with van der Waals surface area (Å²) in [7, 11) is 0. The van der Waals surface area contributed by atoms with Gasteiger partial charge in [-0.15, -0.1) is 0 Å². The summed E-state index contributed by atoms with van der Waals surface area (Å²) in [6.07, 6.45) is 1.92. The zero-order valence-corrected chi connectivity index (χ0v) is 29.6. The fraction of sp³-hybridized carbons (Fsp3) is 0.156. The van der Waals surface area contributed by atoms with Crippen LogP contribution in [0.4, 0.5) is 11.4 Å². The van der Waals surface area contributed by atoms with E-state index in [2.05, 4.69) is 176 Å². The minimum Gasteiger partial charge on any atom is -0.457 e. The maximum absolute atomic E-state index is 6.85. The zero-order valence-electron chi connectivity index (χ0n) is 29.6. The molecule has 1 aliphatic rings. The van der Waals surface area contributed by atoms with E-state index in [1.807, 2.05) is 6.20 Å². The first-order chi connectivity index (χ1) is 24.7. The molecule has 0 bridgehead atoms. The first-order valence-corrected chi connectivity index (χ1v) is 17.5. The Morgan fingerprint density at radius 3 is 2.27 bits per heavy atom. The van der Waals surface area contributed by atoms with Crippen LogP contribution in [0.15, 0.2) is 134 Å². The topological polar surface area (TPSA) is 48.1 Å². The van der Waals surface area contributed by atoms with Crippen molar-refractivity contribution in [2.24, 2.45) is 0 Å². The summed E-state index contributed by atoms with van der Waals surface area (Å²) < 4.78 is 11.4. The Morgan fingerprint density at radius 2 is 1.43 bits per heavy atom. The molecule has 0 spiro atoms. The van der Waals surface area contributed by atoms with E-state index in [1.54, 1.807) is 0 Å². The van der Waals surface area contributed by atoms with E-state index in [1.165, 1.54) is 16.6 Å². The summed E-state index contributed by atoms with van der Waals surface area (Å²) >= 11 is 0. The fourth-order valence-electron chi connectivity index (χ4n) is 7.37. The van der Waals surface area contributed by atoms with Crippen LogP contribution in [-0.2, 0) is 12.1 Å². The Hall–Kier alpha value is -6.14. The standard InChI is InChI=1S/C45H39N5O/c1-29-30(2)48-28-49(40-17-11-10-16-39(40)44(48)47-29)34-23-32(31-13-7-6-8-14-31)24-36(26-34)51-35-19-20-38-37-15-9-12-18-41(37)50(42(38)27-35)43-25-33(21-22-46-43)45(3,4)5/h6-27H,28H2,1-5H3. The number of hydrogen-bond donors (Lipinski definition) is 0. The maximum atomic E-state index is 6.85. The van der Waals surface area contributed by atoms with Gasteiger partial charge in [0.25, 0.3) is 0 Å². The number of nitrogens with zero attached hydrogens (tertiary/aromatic N) is 5. The van der Waals surface area contributed by atoms with Gasteiger partial charge >= 0.3 is 0 Å². The van der Waals surface area contributed by atoms with Crippen LogP contribution in [0, 0.1) is 13.8 Å². The average molecular weight is 666 g/mol. The largest absolute Gasteiger partial charge is 0.457 e. The predicted octanol–water partition coefficient (Wildman–Crippen LogP) is 11.5.